The average molecular weight is 392 g/mol. The minimum absolute atomic E-state index is 0.0217. The molecule has 1 fully saturated rings. The van der Waals surface area contributed by atoms with E-state index in [2.05, 4.69) is 29.0 Å². The maximum Gasteiger partial charge on any atom is 0.225 e. The summed E-state index contributed by atoms with van der Waals surface area (Å²) in [5.41, 5.74) is 1.15. The highest BCUT2D eigenvalue weighted by Crippen LogP contribution is 2.47. The lowest BCUT2D eigenvalue weighted by Gasteiger charge is -2.32. The summed E-state index contributed by atoms with van der Waals surface area (Å²) in [7, 11) is 4.30. The van der Waals surface area contributed by atoms with E-state index in [9.17, 15) is 5.11 Å². The molecule has 2 aromatic heterocycles. The first-order valence-electron chi connectivity index (χ1n) is 9.97. The van der Waals surface area contributed by atoms with Gasteiger partial charge in [-0.3, -0.25) is 0 Å². The fraction of sp³-hybridized carbons (Fsp3) is 0.700. The molecule has 0 aliphatic heterocycles. The number of aliphatic hydroxyl groups excluding tert-OH is 1. The summed E-state index contributed by atoms with van der Waals surface area (Å²) in [4.78, 5) is 13.5. The van der Waals surface area contributed by atoms with Crippen LogP contribution in [0.1, 0.15) is 55.4 Å². The monoisotopic (exact) mass is 391 g/mol. The number of aryl methyl sites for hydroxylation is 1. The summed E-state index contributed by atoms with van der Waals surface area (Å²) in [6, 6.07) is 0.645. The van der Waals surface area contributed by atoms with Gasteiger partial charge in [0, 0.05) is 23.4 Å². The Balaban J connectivity index is 1.59. The van der Waals surface area contributed by atoms with Crippen molar-refractivity contribution in [3.8, 4) is 5.88 Å². The Bertz CT molecular complexity index is 786. The van der Waals surface area contributed by atoms with E-state index in [1.165, 1.54) is 4.88 Å². The zero-order chi connectivity index (χ0) is 19.0. The van der Waals surface area contributed by atoms with Gasteiger partial charge >= 0.3 is 0 Å². The number of aliphatic hydroxyl groups is 1. The van der Waals surface area contributed by atoms with Crippen molar-refractivity contribution in [1.29, 1.82) is 0 Å². The van der Waals surface area contributed by atoms with Crippen molar-refractivity contribution in [2.45, 2.75) is 69.8 Å². The number of ether oxygens (including phenoxy) is 2. The second-order valence-corrected chi connectivity index (χ2v) is 8.88. The van der Waals surface area contributed by atoms with E-state index < -0.39 is 6.29 Å². The molecule has 2 unspecified atom stereocenters. The lowest BCUT2D eigenvalue weighted by Crippen LogP contribution is -2.35. The Hall–Kier alpha value is -1.28. The molecule has 0 bridgehead atoms. The summed E-state index contributed by atoms with van der Waals surface area (Å²) in [5.74, 6) is 0.660. The minimum Gasteiger partial charge on any atom is -0.474 e. The lowest BCUT2D eigenvalue weighted by atomic mass is 9.92. The van der Waals surface area contributed by atoms with Gasteiger partial charge in [-0.2, -0.15) is 0 Å². The van der Waals surface area contributed by atoms with Gasteiger partial charge in [0.2, 0.25) is 5.88 Å². The van der Waals surface area contributed by atoms with E-state index in [0.717, 1.165) is 54.3 Å². The molecule has 2 aliphatic carbocycles. The molecule has 148 valence electrons. The predicted octanol–water partition coefficient (Wildman–Crippen LogP) is 3.33. The molecular formula is C20H29N3O3S. The highest BCUT2D eigenvalue weighted by Gasteiger charge is 2.35. The Labute approximate surface area is 164 Å². The first-order valence-corrected chi connectivity index (χ1v) is 10.8. The Morgan fingerprint density at radius 1 is 1.22 bits per heavy atom. The van der Waals surface area contributed by atoms with E-state index in [1.54, 1.807) is 17.7 Å². The van der Waals surface area contributed by atoms with Gasteiger partial charge in [-0.1, -0.05) is 0 Å². The fourth-order valence-corrected chi connectivity index (χ4v) is 5.70. The molecule has 0 saturated heterocycles. The lowest BCUT2D eigenvalue weighted by molar-refractivity contribution is -0.110. The van der Waals surface area contributed by atoms with Crippen molar-refractivity contribution >= 4 is 21.6 Å². The molecule has 7 heteroatoms. The molecule has 0 aromatic carbocycles. The normalized spacial score (nSPS) is 26.5. The van der Waals surface area contributed by atoms with Crippen molar-refractivity contribution in [1.82, 2.24) is 14.9 Å². The number of fused-ring (bicyclic) bond motifs is 3. The summed E-state index contributed by atoms with van der Waals surface area (Å²) < 4.78 is 11.9. The smallest absolute Gasteiger partial charge is 0.225 e. The van der Waals surface area contributed by atoms with Crippen LogP contribution in [0.4, 0.5) is 0 Å². The van der Waals surface area contributed by atoms with Crippen LogP contribution in [0.3, 0.4) is 0 Å². The largest absolute Gasteiger partial charge is 0.474 e. The maximum absolute atomic E-state index is 10.5. The van der Waals surface area contributed by atoms with Gasteiger partial charge < -0.3 is 19.5 Å². The van der Waals surface area contributed by atoms with Gasteiger partial charge in [-0.05, 0) is 65.1 Å². The van der Waals surface area contributed by atoms with Gasteiger partial charge in [0.15, 0.2) is 6.29 Å². The standard InChI is InChI=1S/C20H29N3O3S/c1-4-25-20(24)14-9-10-15-16(14)17-18(21-11-22-19(17)27-15)26-13-7-5-12(6-8-13)23(2)3/h11-14,20,24H,4-10H2,1-3H3. The maximum atomic E-state index is 10.5. The van der Waals surface area contributed by atoms with E-state index in [1.807, 2.05) is 6.92 Å². The van der Waals surface area contributed by atoms with Crippen LogP contribution in [-0.4, -0.2) is 59.1 Å². The second kappa shape index (κ2) is 7.99. The third-order valence-electron chi connectivity index (χ3n) is 5.95. The van der Waals surface area contributed by atoms with Crippen molar-refractivity contribution < 1.29 is 14.6 Å². The fourth-order valence-electron chi connectivity index (χ4n) is 4.48. The summed E-state index contributed by atoms with van der Waals surface area (Å²) in [6.45, 7) is 2.41. The van der Waals surface area contributed by atoms with Crippen LogP contribution in [0.5, 0.6) is 5.88 Å². The molecule has 27 heavy (non-hydrogen) atoms. The number of thiophene rings is 1. The molecule has 1 N–H and O–H groups in total. The van der Waals surface area contributed by atoms with Gasteiger partial charge in [0.1, 0.15) is 17.3 Å². The third-order valence-corrected chi connectivity index (χ3v) is 7.13. The molecular weight excluding hydrogens is 362 g/mol. The van der Waals surface area contributed by atoms with E-state index >= 15 is 0 Å². The molecule has 2 heterocycles. The number of hydrogen-bond donors (Lipinski definition) is 1. The SMILES string of the molecule is CCOC(O)C1CCc2sc3ncnc(OC4CCC(N(C)C)CC4)c3c21. The van der Waals surface area contributed by atoms with Crippen LogP contribution in [0.25, 0.3) is 10.2 Å². The molecule has 2 aromatic rings. The summed E-state index contributed by atoms with van der Waals surface area (Å²) >= 11 is 1.70. The number of hydrogen-bond acceptors (Lipinski definition) is 7. The Morgan fingerprint density at radius 2 is 2.00 bits per heavy atom. The van der Waals surface area contributed by atoms with Crippen LogP contribution >= 0.6 is 11.3 Å². The quantitative estimate of drug-likeness (QED) is 0.762. The van der Waals surface area contributed by atoms with Crippen molar-refractivity contribution in [3.63, 3.8) is 0 Å². The van der Waals surface area contributed by atoms with Gasteiger partial charge in [0.25, 0.3) is 0 Å². The highest BCUT2D eigenvalue weighted by molar-refractivity contribution is 7.19. The minimum atomic E-state index is -0.780. The van der Waals surface area contributed by atoms with Crippen LogP contribution in [0.15, 0.2) is 6.33 Å². The molecule has 4 rings (SSSR count). The number of rotatable bonds is 6. The van der Waals surface area contributed by atoms with Crippen molar-refractivity contribution in [2.75, 3.05) is 20.7 Å². The first kappa shape index (κ1) is 19.1. The average Bonchev–Trinajstić information content (AvgIpc) is 3.21. The third kappa shape index (κ3) is 3.70. The van der Waals surface area contributed by atoms with Gasteiger partial charge in [-0.25, -0.2) is 9.97 Å². The predicted molar refractivity (Wildman–Crippen MR) is 106 cm³/mol. The molecule has 2 atom stereocenters. The van der Waals surface area contributed by atoms with Crippen LogP contribution in [0.2, 0.25) is 0 Å². The molecule has 1 saturated carbocycles. The summed E-state index contributed by atoms with van der Waals surface area (Å²) in [5, 5.41) is 11.5. The number of nitrogens with zero attached hydrogens (tertiary/aromatic N) is 3. The van der Waals surface area contributed by atoms with Crippen molar-refractivity contribution in [3.05, 3.63) is 16.8 Å². The van der Waals surface area contributed by atoms with Crippen LogP contribution < -0.4 is 4.74 Å². The van der Waals surface area contributed by atoms with E-state index in [4.69, 9.17) is 9.47 Å². The highest BCUT2D eigenvalue weighted by atomic mass is 32.1. The molecule has 0 amide bonds. The number of aromatic nitrogens is 2. The van der Waals surface area contributed by atoms with Gasteiger partial charge in [0.05, 0.1) is 5.39 Å². The van der Waals surface area contributed by atoms with Crippen LogP contribution in [-0.2, 0) is 11.2 Å². The topological polar surface area (TPSA) is 67.7 Å². The van der Waals surface area contributed by atoms with Gasteiger partial charge in [-0.15, -0.1) is 11.3 Å². The zero-order valence-electron chi connectivity index (χ0n) is 16.4. The second-order valence-electron chi connectivity index (χ2n) is 7.80. The van der Waals surface area contributed by atoms with E-state index in [-0.39, 0.29) is 12.0 Å². The summed E-state index contributed by atoms with van der Waals surface area (Å²) in [6.07, 6.45) is 7.28. The molecule has 2 aliphatic rings. The Kier molecular flexibility index (Phi) is 5.64. The molecule has 0 radical (unpaired) electrons. The molecule has 6 nitrogen and oxygen atoms in total. The van der Waals surface area contributed by atoms with E-state index in [0.29, 0.717) is 18.5 Å². The van der Waals surface area contributed by atoms with Crippen molar-refractivity contribution in [2.24, 2.45) is 0 Å². The molecule has 0 spiro atoms. The zero-order valence-corrected chi connectivity index (χ0v) is 17.2. The van der Waals surface area contributed by atoms with Crippen LogP contribution in [0, 0.1) is 0 Å². The first-order chi connectivity index (χ1) is 13.1. The Morgan fingerprint density at radius 3 is 2.70 bits per heavy atom.